The Balaban J connectivity index is 1.79. The Morgan fingerprint density at radius 2 is 1.81 bits per heavy atom. The van der Waals surface area contributed by atoms with Crippen LogP contribution in [0.15, 0.2) is 60.9 Å². The first-order valence-corrected chi connectivity index (χ1v) is 8.39. The van der Waals surface area contributed by atoms with Crippen molar-refractivity contribution in [3.05, 3.63) is 77.7 Å². The Morgan fingerprint density at radius 1 is 1.04 bits per heavy atom. The van der Waals surface area contributed by atoms with Gasteiger partial charge in [-0.2, -0.15) is 14.6 Å². The first-order valence-electron chi connectivity index (χ1n) is 8.39. The predicted molar refractivity (Wildman–Crippen MR) is 101 cm³/mol. The molecule has 1 N–H and O–H groups in total. The minimum Gasteiger partial charge on any atom is -0.497 e. The predicted octanol–water partition coefficient (Wildman–Crippen LogP) is 3.78. The Bertz CT molecular complexity index is 1030. The van der Waals surface area contributed by atoms with E-state index in [1.54, 1.807) is 11.6 Å². The summed E-state index contributed by atoms with van der Waals surface area (Å²) in [6.07, 6.45) is 2.28. The zero-order valence-corrected chi connectivity index (χ0v) is 14.7. The first-order chi connectivity index (χ1) is 12.7. The van der Waals surface area contributed by atoms with Crippen molar-refractivity contribution in [2.45, 2.75) is 13.3 Å². The zero-order chi connectivity index (χ0) is 17.9. The Kier molecular flexibility index (Phi) is 4.23. The molecule has 2 aromatic heterocycles. The van der Waals surface area contributed by atoms with Crippen LogP contribution in [0.25, 0.3) is 5.78 Å². The topological polar surface area (TPSA) is 64.3 Å². The molecular formula is C20H19N5O. The second-order valence-corrected chi connectivity index (χ2v) is 6.01. The maximum absolute atomic E-state index is 5.23. The lowest BCUT2D eigenvalue weighted by molar-refractivity contribution is 0.415. The van der Waals surface area contributed by atoms with E-state index in [4.69, 9.17) is 4.74 Å². The molecule has 0 saturated carbocycles. The van der Waals surface area contributed by atoms with E-state index in [1.165, 1.54) is 11.9 Å². The van der Waals surface area contributed by atoms with E-state index in [9.17, 15) is 0 Å². The molecule has 0 spiro atoms. The second-order valence-electron chi connectivity index (χ2n) is 6.01. The molecule has 0 aliphatic rings. The summed E-state index contributed by atoms with van der Waals surface area (Å²) in [5.74, 6) is 2.27. The number of benzene rings is 2. The van der Waals surface area contributed by atoms with E-state index in [2.05, 4.69) is 32.5 Å². The molecule has 6 nitrogen and oxygen atoms in total. The van der Waals surface area contributed by atoms with Crippen LogP contribution in [0.4, 0.5) is 11.5 Å². The van der Waals surface area contributed by atoms with Gasteiger partial charge in [0, 0.05) is 23.4 Å². The number of hydrogen-bond acceptors (Lipinski definition) is 5. The maximum atomic E-state index is 5.23. The van der Waals surface area contributed by atoms with Crippen molar-refractivity contribution in [3.63, 3.8) is 0 Å². The third-order valence-corrected chi connectivity index (χ3v) is 4.31. The smallest absolute Gasteiger partial charge is 0.254 e. The van der Waals surface area contributed by atoms with Gasteiger partial charge in [0.1, 0.15) is 17.9 Å². The van der Waals surface area contributed by atoms with E-state index in [0.29, 0.717) is 5.78 Å². The molecule has 0 aliphatic carbocycles. The summed E-state index contributed by atoms with van der Waals surface area (Å²) in [6, 6.07) is 18.1. The number of methoxy groups -OCH3 is 1. The van der Waals surface area contributed by atoms with Crippen molar-refractivity contribution in [1.29, 1.82) is 0 Å². The van der Waals surface area contributed by atoms with Gasteiger partial charge in [0.25, 0.3) is 5.78 Å². The molecule has 4 rings (SSSR count). The third kappa shape index (κ3) is 3.09. The fraction of sp³-hybridized carbons (Fsp3) is 0.150. The molecule has 4 aromatic rings. The van der Waals surface area contributed by atoms with Gasteiger partial charge >= 0.3 is 0 Å². The molecule has 26 heavy (non-hydrogen) atoms. The van der Waals surface area contributed by atoms with Crippen LogP contribution < -0.4 is 10.1 Å². The highest BCUT2D eigenvalue weighted by Crippen LogP contribution is 2.26. The van der Waals surface area contributed by atoms with Gasteiger partial charge in [0.15, 0.2) is 0 Å². The molecule has 0 unspecified atom stereocenters. The van der Waals surface area contributed by atoms with Gasteiger partial charge < -0.3 is 10.1 Å². The summed E-state index contributed by atoms with van der Waals surface area (Å²) in [7, 11) is 1.66. The van der Waals surface area contributed by atoms with Crippen LogP contribution in [-0.2, 0) is 6.42 Å². The number of nitrogens with zero attached hydrogens (tertiary/aromatic N) is 4. The number of hydrogen-bond donors (Lipinski definition) is 1. The highest BCUT2D eigenvalue weighted by Gasteiger charge is 2.15. The normalized spacial score (nSPS) is 10.8. The number of aryl methyl sites for hydroxylation is 1. The minimum absolute atomic E-state index is 0.579. The van der Waals surface area contributed by atoms with Crippen LogP contribution in [0.2, 0.25) is 0 Å². The van der Waals surface area contributed by atoms with Gasteiger partial charge in [-0.25, -0.2) is 4.98 Å². The van der Waals surface area contributed by atoms with Gasteiger partial charge in [-0.05, 0) is 36.8 Å². The van der Waals surface area contributed by atoms with Gasteiger partial charge in [-0.15, -0.1) is 0 Å². The van der Waals surface area contributed by atoms with Crippen LogP contribution in [0.3, 0.4) is 0 Å². The van der Waals surface area contributed by atoms with E-state index >= 15 is 0 Å². The van der Waals surface area contributed by atoms with Crippen LogP contribution in [0.1, 0.15) is 16.8 Å². The number of anilines is 2. The second kappa shape index (κ2) is 6.84. The van der Waals surface area contributed by atoms with Gasteiger partial charge in [0.2, 0.25) is 0 Å². The van der Waals surface area contributed by atoms with E-state index in [-0.39, 0.29) is 0 Å². The van der Waals surface area contributed by atoms with Gasteiger partial charge in [0.05, 0.1) is 7.11 Å². The molecule has 2 heterocycles. The number of rotatable bonds is 5. The third-order valence-electron chi connectivity index (χ3n) is 4.31. The maximum Gasteiger partial charge on any atom is 0.254 e. The lowest BCUT2D eigenvalue weighted by Gasteiger charge is -2.15. The Morgan fingerprint density at radius 3 is 2.54 bits per heavy atom. The van der Waals surface area contributed by atoms with Crippen LogP contribution >= 0.6 is 0 Å². The Labute approximate surface area is 151 Å². The molecule has 6 heteroatoms. The SMILES string of the molecule is COc1ccc(Nc2c(Cc3ccccc3)c(C)nc3ncnn23)cc1. The number of nitrogens with one attached hydrogen (secondary N) is 1. The van der Waals surface area contributed by atoms with Gasteiger partial charge in [-0.1, -0.05) is 30.3 Å². The molecular weight excluding hydrogens is 326 g/mol. The van der Waals surface area contributed by atoms with Gasteiger partial charge in [-0.3, -0.25) is 0 Å². The molecule has 0 fully saturated rings. The van der Waals surface area contributed by atoms with Crippen LogP contribution in [-0.4, -0.2) is 26.7 Å². The molecule has 0 aliphatic heterocycles. The highest BCUT2D eigenvalue weighted by molar-refractivity contribution is 5.64. The summed E-state index contributed by atoms with van der Waals surface area (Å²) in [6.45, 7) is 2.01. The first kappa shape index (κ1) is 16.1. The molecule has 2 aromatic carbocycles. The fourth-order valence-corrected chi connectivity index (χ4v) is 2.94. The number of ether oxygens (including phenoxy) is 1. The monoisotopic (exact) mass is 345 g/mol. The summed E-state index contributed by atoms with van der Waals surface area (Å²) >= 11 is 0. The van der Waals surface area contributed by atoms with Crippen molar-refractivity contribution in [2.24, 2.45) is 0 Å². The van der Waals surface area contributed by atoms with Crippen LogP contribution in [0, 0.1) is 6.92 Å². The van der Waals surface area contributed by atoms with Crippen LogP contribution in [0.5, 0.6) is 5.75 Å². The highest BCUT2D eigenvalue weighted by atomic mass is 16.5. The minimum atomic E-state index is 0.579. The molecule has 0 saturated heterocycles. The Hall–Kier alpha value is -3.41. The van der Waals surface area contributed by atoms with Crippen molar-refractivity contribution in [1.82, 2.24) is 19.6 Å². The molecule has 0 atom stereocenters. The molecule has 130 valence electrons. The summed E-state index contributed by atoms with van der Waals surface area (Å²) in [5, 5.41) is 7.83. The van der Waals surface area contributed by atoms with Crippen molar-refractivity contribution in [3.8, 4) is 5.75 Å². The average molecular weight is 345 g/mol. The van der Waals surface area contributed by atoms with Crippen molar-refractivity contribution in [2.75, 3.05) is 12.4 Å². The molecule has 0 radical (unpaired) electrons. The number of aromatic nitrogens is 4. The standard InChI is InChI=1S/C20H19N5O/c1-14-18(12-15-6-4-3-5-7-15)19(25-20(23-14)21-13-22-25)24-16-8-10-17(26-2)11-9-16/h3-11,13,24H,12H2,1-2H3. The van der Waals surface area contributed by atoms with E-state index in [1.807, 2.05) is 49.4 Å². The van der Waals surface area contributed by atoms with Crippen molar-refractivity contribution >= 4 is 17.3 Å². The average Bonchev–Trinajstić information content (AvgIpc) is 3.14. The molecule has 0 bridgehead atoms. The number of fused-ring (bicyclic) bond motifs is 1. The summed E-state index contributed by atoms with van der Waals surface area (Å²) in [5.41, 5.74) is 4.19. The zero-order valence-electron chi connectivity index (χ0n) is 14.7. The largest absolute Gasteiger partial charge is 0.497 e. The van der Waals surface area contributed by atoms with Crippen molar-refractivity contribution < 1.29 is 4.74 Å². The molecule has 0 amide bonds. The summed E-state index contributed by atoms with van der Waals surface area (Å²) < 4.78 is 6.98. The van der Waals surface area contributed by atoms with E-state index in [0.717, 1.165) is 34.9 Å². The summed E-state index contributed by atoms with van der Waals surface area (Å²) in [4.78, 5) is 8.83. The quantitative estimate of drug-likeness (QED) is 0.596. The fourth-order valence-electron chi connectivity index (χ4n) is 2.94. The lowest BCUT2D eigenvalue weighted by Crippen LogP contribution is -2.09. The lowest BCUT2D eigenvalue weighted by atomic mass is 10.0. The van der Waals surface area contributed by atoms with E-state index < -0.39 is 0 Å².